The summed E-state index contributed by atoms with van der Waals surface area (Å²) in [5, 5.41) is 56.2. The number of nitrogens with zero attached hydrogens (tertiary/aromatic N) is 1. The summed E-state index contributed by atoms with van der Waals surface area (Å²) in [6, 6.07) is -5.55. The number of carboxylic acids is 4. The standard InChI is InChI=1S/C30H48N6O13S2/c1-2-3-4-11-30(49)21(51-16-19(27(44)33-14-25(41)42)35-22(37)7-5-17(31)28(45)46)10-13-36(30)20(29(47)48)6-8-23(38)34-18(15-50)26(43)32-12-9-24(39)40/h10,13,17-21,49-50H,2-9,11-12,14-16,31H2,1H3,(H,32,43)(H,33,44)(H,34,38)(H,35,37)(H,39,40)(H,41,42)(H,45,46)(H,47,48)/t17-,18+,19+,20-,21?,30?/m0/s1/i21D. The van der Waals surface area contributed by atoms with Crippen LogP contribution in [0.15, 0.2) is 12.3 Å². The smallest absolute Gasteiger partial charge is 0.326 e. The molecule has 1 heterocycles. The van der Waals surface area contributed by atoms with Crippen molar-refractivity contribution >= 4 is 71.9 Å². The minimum absolute atomic E-state index is 0.131. The number of carboxylic acid groups (broad SMARTS) is 4. The van der Waals surface area contributed by atoms with Gasteiger partial charge in [0.15, 0.2) is 5.72 Å². The molecule has 0 radical (unpaired) electrons. The Morgan fingerprint density at radius 1 is 0.902 bits per heavy atom. The summed E-state index contributed by atoms with van der Waals surface area (Å²) in [6.45, 7) is 0.882. The SMILES string of the molecule is [2H]C1(SC[C@@H](NC(=O)CC[C@H](N)C(=O)O)C(=O)NCC(=O)O)C=CN([C@@H](CCC(=O)N[C@H](CS)C(=O)NCCC(=O)O)C(=O)O)C1(O)CCCCC. The van der Waals surface area contributed by atoms with Gasteiger partial charge in [0.25, 0.3) is 0 Å². The van der Waals surface area contributed by atoms with Crippen molar-refractivity contribution in [3.05, 3.63) is 12.3 Å². The van der Waals surface area contributed by atoms with Crippen molar-refractivity contribution < 1.29 is 65.3 Å². The number of hydrogen-bond donors (Lipinski definition) is 11. The van der Waals surface area contributed by atoms with E-state index in [9.17, 15) is 49.9 Å². The normalized spacial score (nSPS) is 20.6. The highest BCUT2D eigenvalue weighted by atomic mass is 32.2. The molecule has 0 aromatic rings. The Morgan fingerprint density at radius 3 is 2.06 bits per heavy atom. The molecule has 0 aromatic carbocycles. The number of nitrogens with two attached hydrogens (primary N) is 1. The zero-order valence-electron chi connectivity index (χ0n) is 29.0. The first-order valence-corrected chi connectivity index (χ1v) is 17.7. The summed E-state index contributed by atoms with van der Waals surface area (Å²) in [5.74, 6) is -9.08. The van der Waals surface area contributed by atoms with Gasteiger partial charge in [0.2, 0.25) is 23.6 Å². The maximum atomic E-state index is 12.9. The van der Waals surface area contributed by atoms with Crippen molar-refractivity contribution in [1.82, 2.24) is 26.2 Å². The lowest BCUT2D eigenvalue weighted by atomic mass is 9.98. The van der Waals surface area contributed by atoms with Crippen LogP contribution in [-0.4, -0.2) is 138 Å². The van der Waals surface area contributed by atoms with E-state index < -0.39 is 114 Å². The second-order valence-corrected chi connectivity index (χ2v) is 12.9. The number of unbranched alkanes of at least 4 members (excludes halogenated alkanes) is 2. The van der Waals surface area contributed by atoms with E-state index in [0.29, 0.717) is 31.0 Å². The molecule has 6 atom stereocenters. The number of carbonyl (C=O) groups excluding carboxylic acids is 4. The molecule has 0 aliphatic carbocycles. The number of aliphatic carboxylic acids is 4. The van der Waals surface area contributed by atoms with Crippen LogP contribution in [-0.2, 0) is 38.4 Å². The molecule has 0 saturated carbocycles. The van der Waals surface area contributed by atoms with Crippen LogP contribution in [0.3, 0.4) is 0 Å². The van der Waals surface area contributed by atoms with Gasteiger partial charge in [0, 0.05) is 37.1 Å². The number of carbonyl (C=O) groups is 8. The molecular formula is C30H48N6O13S2. The van der Waals surface area contributed by atoms with Gasteiger partial charge in [0.05, 0.1) is 13.0 Å². The van der Waals surface area contributed by atoms with Crippen LogP contribution in [0.2, 0.25) is 0 Å². The van der Waals surface area contributed by atoms with Crippen molar-refractivity contribution in [2.45, 2.75) is 99.8 Å². The van der Waals surface area contributed by atoms with Gasteiger partial charge in [-0.2, -0.15) is 12.6 Å². The van der Waals surface area contributed by atoms with Gasteiger partial charge >= 0.3 is 23.9 Å². The second kappa shape index (κ2) is 22.7. The van der Waals surface area contributed by atoms with E-state index in [1.165, 1.54) is 12.3 Å². The van der Waals surface area contributed by atoms with Gasteiger partial charge in [-0.3, -0.25) is 33.6 Å². The number of thioether (sulfide) groups is 1. The molecule has 0 spiro atoms. The Balaban J connectivity index is 3.22. The summed E-state index contributed by atoms with van der Waals surface area (Å²) in [4.78, 5) is 97.0. The highest BCUT2D eigenvalue weighted by Gasteiger charge is 2.48. The minimum atomic E-state index is -2.23. The van der Waals surface area contributed by atoms with Crippen LogP contribution < -0.4 is 27.0 Å². The largest absolute Gasteiger partial charge is 0.481 e. The molecule has 4 amide bonds. The first kappa shape index (κ1) is 43.1. The van der Waals surface area contributed by atoms with Crippen LogP contribution in [0.4, 0.5) is 0 Å². The molecule has 2 unspecified atom stereocenters. The van der Waals surface area contributed by atoms with E-state index in [1.54, 1.807) is 0 Å². The highest BCUT2D eigenvalue weighted by molar-refractivity contribution is 8.00. The molecule has 0 saturated heterocycles. The second-order valence-electron chi connectivity index (χ2n) is 11.5. The van der Waals surface area contributed by atoms with Gasteiger partial charge < -0.3 is 57.4 Å². The van der Waals surface area contributed by atoms with Crippen LogP contribution >= 0.6 is 24.4 Å². The lowest BCUT2D eigenvalue weighted by Crippen LogP contribution is -2.56. The van der Waals surface area contributed by atoms with E-state index in [2.05, 4.69) is 33.9 Å². The monoisotopic (exact) mass is 765 g/mol. The van der Waals surface area contributed by atoms with E-state index in [-0.39, 0.29) is 31.6 Å². The Kier molecular flexibility index (Phi) is 19.2. The molecule has 19 nitrogen and oxygen atoms in total. The molecule has 0 aromatic heterocycles. The molecule has 21 heteroatoms. The molecular weight excluding hydrogens is 716 g/mol. The van der Waals surface area contributed by atoms with Gasteiger partial charge in [-0.1, -0.05) is 25.8 Å². The average Bonchev–Trinajstić information content (AvgIpc) is 3.32. The van der Waals surface area contributed by atoms with Crippen molar-refractivity contribution in [2.24, 2.45) is 5.73 Å². The van der Waals surface area contributed by atoms with Crippen molar-refractivity contribution in [2.75, 3.05) is 24.6 Å². The molecule has 11 N–H and O–H groups in total. The van der Waals surface area contributed by atoms with Crippen molar-refractivity contribution in [3.63, 3.8) is 0 Å². The van der Waals surface area contributed by atoms with Crippen LogP contribution in [0.25, 0.3) is 0 Å². The Morgan fingerprint density at radius 2 is 1.51 bits per heavy atom. The minimum Gasteiger partial charge on any atom is -0.481 e. The third kappa shape index (κ3) is 15.8. The fourth-order valence-electron chi connectivity index (χ4n) is 4.78. The molecule has 288 valence electrons. The Labute approximate surface area is 305 Å². The molecule has 51 heavy (non-hydrogen) atoms. The fourth-order valence-corrected chi connectivity index (χ4v) is 6.21. The molecule has 1 rings (SSSR count). The van der Waals surface area contributed by atoms with Gasteiger partial charge in [-0.15, -0.1) is 11.8 Å². The summed E-state index contributed by atoms with van der Waals surface area (Å²) in [5.41, 5.74) is 3.21. The maximum absolute atomic E-state index is 12.9. The van der Waals surface area contributed by atoms with Crippen molar-refractivity contribution in [3.8, 4) is 0 Å². The number of aliphatic hydroxyl groups is 1. The number of rotatable bonds is 26. The van der Waals surface area contributed by atoms with Gasteiger partial charge in [-0.25, -0.2) is 4.79 Å². The fraction of sp³-hybridized carbons (Fsp3) is 0.667. The zero-order valence-corrected chi connectivity index (χ0v) is 29.7. The Hall–Kier alpha value is -4.08. The molecule has 1 aliphatic heterocycles. The third-order valence-corrected chi connectivity index (χ3v) is 9.19. The van der Waals surface area contributed by atoms with Crippen LogP contribution in [0.5, 0.6) is 0 Å². The molecule has 0 bridgehead atoms. The van der Waals surface area contributed by atoms with E-state index >= 15 is 0 Å². The van der Waals surface area contributed by atoms with Crippen LogP contribution in [0, 0.1) is 0 Å². The van der Waals surface area contributed by atoms with E-state index in [4.69, 9.17) is 21.1 Å². The third-order valence-electron chi connectivity index (χ3n) is 7.55. The summed E-state index contributed by atoms with van der Waals surface area (Å²) >= 11 is 4.70. The maximum Gasteiger partial charge on any atom is 0.326 e. The number of nitrogens with one attached hydrogen (secondary N) is 4. The molecule has 0 fully saturated rings. The molecule has 1 aliphatic rings. The van der Waals surface area contributed by atoms with Crippen molar-refractivity contribution in [1.29, 1.82) is 0 Å². The zero-order chi connectivity index (χ0) is 39.6. The quantitative estimate of drug-likeness (QED) is 0.0345. The number of hydrogen-bond acceptors (Lipinski definition) is 13. The average molecular weight is 766 g/mol. The highest BCUT2D eigenvalue weighted by Crippen LogP contribution is 2.40. The first-order chi connectivity index (χ1) is 24.3. The number of amides is 4. The summed E-state index contributed by atoms with van der Waals surface area (Å²) < 4.78 is 9.27. The topological polar surface area (TPSA) is 315 Å². The Bertz CT molecular complexity index is 1340. The van der Waals surface area contributed by atoms with Gasteiger partial charge in [-0.05, 0) is 25.7 Å². The van der Waals surface area contributed by atoms with Gasteiger partial charge in [0.1, 0.15) is 30.7 Å². The lowest BCUT2D eigenvalue weighted by molar-refractivity contribution is -0.154. The predicted molar refractivity (Wildman–Crippen MR) is 185 cm³/mol. The summed E-state index contributed by atoms with van der Waals surface area (Å²) in [7, 11) is 0. The van der Waals surface area contributed by atoms with E-state index in [0.717, 1.165) is 4.90 Å². The van der Waals surface area contributed by atoms with Crippen LogP contribution in [0.1, 0.15) is 66.1 Å². The summed E-state index contributed by atoms with van der Waals surface area (Å²) in [6.07, 6.45) is 2.02. The first-order valence-electron chi connectivity index (χ1n) is 16.6. The number of thiol groups is 1. The van der Waals surface area contributed by atoms with E-state index in [1.807, 2.05) is 6.92 Å². The predicted octanol–water partition coefficient (Wildman–Crippen LogP) is -1.70. The lowest BCUT2D eigenvalue weighted by Gasteiger charge is -2.42.